The van der Waals surface area contributed by atoms with Crippen LogP contribution >= 0.6 is 0 Å². The molecule has 0 aliphatic heterocycles. The first-order chi connectivity index (χ1) is 9.19. The predicted molar refractivity (Wildman–Crippen MR) is 76.2 cm³/mol. The fraction of sp³-hybridized carbons (Fsp3) is 0.500. The molecule has 0 saturated carbocycles. The molecule has 1 aromatic carbocycles. The van der Waals surface area contributed by atoms with Crippen molar-refractivity contribution in [3.8, 4) is 0 Å². The van der Waals surface area contributed by atoms with Crippen LogP contribution in [0.15, 0.2) is 28.8 Å². The number of aromatic nitrogens is 2. The summed E-state index contributed by atoms with van der Waals surface area (Å²) in [6.45, 7) is 6.20. The Morgan fingerprint density at radius 3 is 2.42 bits per heavy atom. The van der Waals surface area contributed by atoms with Crippen molar-refractivity contribution in [2.45, 2.75) is 52.4 Å². The maximum absolute atomic E-state index is 5.21. The molecule has 0 aliphatic carbocycles. The smallest absolute Gasteiger partial charge is 0.229 e. The first-order valence-corrected chi connectivity index (χ1v) is 7.07. The third kappa shape index (κ3) is 3.91. The van der Waals surface area contributed by atoms with Crippen molar-refractivity contribution >= 4 is 0 Å². The van der Waals surface area contributed by atoms with Crippen molar-refractivity contribution in [1.82, 2.24) is 10.1 Å². The molecule has 1 atom stereocenters. The molecule has 0 unspecified atom stereocenters. The number of aryl methyl sites for hydroxylation is 2. The van der Waals surface area contributed by atoms with Crippen molar-refractivity contribution in [3.05, 3.63) is 47.1 Å². The second-order valence-electron chi connectivity index (χ2n) is 5.21. The van der Waals surface area contributed by atoms with Crippen LogP contribution in [0.4, 0.5) is 0 Å². The van der Waals surface area contributed by atoms with Gasteiger partial charge in [0.25, 0.3) is 0 Å². The SMILES string of the molecule is CCCCc1ccc(C[C@@H](C)c2nc(C)no2)cc1. The summed E-state index contributed by atoms with van der Waals surface area (Å²) in [5.74, 6) is 1.70. The van der Waals surface area contributed by atoms with Crippen molar-refractivity contribution in [3.63, 3.8) is 0 Å². The van der Waals surface area contributed by atoms with Gasteiger partial charge in [0.1, 0.15) is 0 Å². The van der Waals surface area contributed by atoms with Gasteiger partial charge in [-0.1, -0.05) is 49.7 Å². The Labute approximate surface area is 115 Å². The lowest BCUT2D eigenvalue weighted by Gasteiger charge is -2.07. The maximum atomic E-state index is 5.21. The zero-order chi connectivity index (χ0) is 13.7. The minimum absolute atomic E-state index is 0.266. The number of rotatable bonds is 6. The third-order valence-corrected chi connectivity index (χ3v) is 3.35. The zero-order valence-electron chi connectivity index (χ0n) is 12.0. The average Bonchev–Trinajstić information content (AvgIpc) is 2.85. The quantitative estimate of drug-likeness (QED) is 0.784. The van der Waals surface area contributed by atoms with Gasteiger partial charge in [-0.05, 0) is 37.3 Å². The molecule has 0 amide bonds. The second kappa shape index (κ2) is 6.50. The van der Waals surface area contributed by atoms with Crippen molar-refractivity contribution in [1.29, 1.82) is 0 Å². The van der Waals surface area contributed by atoms with Gasteiger partial charge in [-0.3, -0.25) is 0 Å². The Bertz CT molecular complexity index is 502. The monoisotopic (exact) mass is 258 g/mol. The minimum Gasteiger partial charge on any atom is -0.339 e. The lowest BCUT2D eigenvalue weighted by Crippen LogP contribution is -1.99. The molecule has 0 aliphatic rings. The summed E-state index contributed by atoms with van der Waals surface area (Å²) in [7, 11) is 0. The Morgan fingerprint density at radius 1 is 1.16 bits per heavy atom. The predicted octanol–water partition coefficient (Wildman–Crippen LogP) is 4.07. The van der Waals surface area contributed by atoms with Gasteiger partial charge >= 0.3 is 0 Å². The van der Waals surface area contributed by atoms with E-state index in [1.165, 1.54) is 30.4 Å². The van der Waals surface area contributed by atoms with E-state index in [1.807, 2.05) is 6.92 Å². The Balaban J connectivity index is 1.95. The fourth-order valence-corrected chi connectivity index (χ4v) is 2.18. The second-order valence-corrected chi connectivity index (χ2v) is 5.21. The van der Waals surface area contributed by atoms with Gasteiger partial charge in [0, 0.05) is 5.92 Å². The number of nitrogens with zero attached hydrogens (tertiary/aromatic N) is 2. The molecule has 0 saturated heterocycles. The number of unbranched alkanes of at least 4 members (excludes halogenated alkanes) is 1. The zero-order valence-corrected chi connectivity index (χ0v) is 12.0. The van der Waals surface area contributed by atoms with Crippen LogP contribution in [-0.4, -0.2) is 10.1 Å². The van der Waals surface area contributed by atoms with Crippen LogP contribution in [0.5, 0.6) is 0 Å². The molecular formula is C16H22N2O. The van der Waals surface area contributed by atoms with E-state index in [9.17, 15) is 0 Å². The minimum atomic E-state index is 0.266. The molecule has 3 heteroatoms. The van der Waals surface area contributed by atoms with Crippen LogP contribution in [0.3, 0.4) is 0 Å². The summed E-state index contributed by atoms with van der Waals surface area (Å²) in [5.41, 5.74) is 2.75. The Hall–Kier alpha value is -1.64. The van der Waals surface area contributed by atoms with E-state index in [0.717, 1.165) is 12.3 Å². The van der Waals surface area contributed by atoms with Gasteiger partial charge in [-0.2, -0.15) is 4.98 Å². The van der Waals surface area contributed by atoms with Gasteiger partial charge in [-0.25, -0.2) is 0 Å². The molecule has 2 aromatic rings. The van der Waals surface area contributed by atoms with Gasteiger partial charge in [0.2, 0.25) is 5.89 Å². The molecule has 1 aromatic heterocycles. The third-order valence-electron chi connectivity index (χ3n) is 3.35. The van der Waals surface area contributed by atoms with Crippen LogP contribution in [-0.2, 0) is 12.8 Å². The van der Waals surface area contributed by atoms with E-state index in [1.54, 1.807) is 0 Å². The lowest BCUT2D eigenvalue weighted by atomic mass is 9.99. The first-order valence-electron chi connectivity index (χ1n) is 7.07. The molecule has 19 heavy (non-hydrogen) atoms. The summed E-state index contributed by atoms with van der Waals surface area (Å²) >= 11 is 0. The summed E-state index contributed by atoms with van der Waals surface area (Å²) in [6.07, 6.45) is 4.62. The molecule has 0 spiro atoms. The molecule has 1 heterocycles. The highest BCUT2D eigenvalue weighted by Crippen LogP contribution is 2.19. The van der Waals surface area contributed by atoms with Crippen molar-refractivity contribution in [2.24, 2.45) is 0 Å². The van der Waals surface area contributed by atoms with E-state index in [4.69, 9.17) is 4.52 Å². The highest BCUT2D eigenvalue weighted by molar-refractivity contribution is 5.23. The van der Waals surface area contributed by atoms with E-state index in [0.29, 0.717) is 5.82 Å². The van der Waals surface area contributed by atoms with Gasteiger partial charge < -0.3 is 4.52 Å². The standard InChI is InChI=1S/C16H22N2O/c1-4-5-6-14-7-9-15(10-8-14)11-12(2)16-17-13(3)18-19-16/h7-10,12H,4-6,11H2,1-3H3/t12-/m1/s1. The fourth-order valence-electron chi connectivity index (χ4n) is 2.18. The largest absolute Gasteiger partial charge is 0.339 e. The lowest BCUT2D eigenvalue weighted by molar-refractivity contribution is 0.355. The maximum Gasteiger partial charge on any atom is 0.229 e. The Morgan fingerprint density at radius 2 is 1.84 bits per heavy atom. The normalized spacial score (nSPS) is 12.6. The summed E-state index contributed by atoms with van der Waals surface area (Å²) in [4.78, 5) is 4.29. The average molecular weight is 258 g/mol. The molecule has 0 fully saturated rings. The molecule has 2 rings (SSSR count). The molecule has 102 valence electrons. The Kier molecular flexibility index (Phi) is 4.72. The van der Waals surface area contributed by atoms with Crippen LogP contribution in [0.25, 0.3) is 0 Å². The molecule has 3 nitrogen and oxygen atoms in total. The van der Waals surface area contributed by atoms with Crippen LogP contribution in [0, 0.1) is 6.92 Å². The summed E-state index contributed by atoms with van der Waals surface area (Å²) in [5, 5.41) is 3.84. The van der Waals surface area contributed by atoms with Gasteiger partial charge in [-0.15, -0.1) is 0 Å². The first kappa shape index (κ1) is 13.8. The number of hydrogen-bond donors (Lipinski definition) is 0. The van der Waals surface area contributed by atoms with Gasteiger partial charge in [0.05, 0.1) is 0 Å². The summed E-state index contributed by atoms with van der Waals surface area (Å²) in [6, 6.07) is 8.89. The highest BCUT2D eigenvalue weighted by Gasteiger charge is 2.13. The van der Waals surface area contributed by atoms with E-state index in [2.05, 4.69) is 48.3 Å². The molecule has 0 bridgehead atoms. The number of benzene rings is 1. The molecule has 0 radical (unpaired) electrons. The van der Waals surface area contributed by atoms with Crippen LogP contribution in [0.2, 0.25) is 0 Å². The van der Waals surface area contributed by atoms with E-state index >= 15 is 0 Å². The van der Waals surface area contributed by atoms with E-state index in [-0.39, 0.29) is 5.92 Å². The summed E-state index contributed by atoms with van der Waals surface area (Å²) < 4.78 is 5.21. The molecular weight excluding hydrogens is 236 g/mol. The van der Waals surface area contributed by atoms with Crippen molar-refractivity contribution < 1.29 is 4.52 Å². The topological polar surface area (TPSA) is 38.9 Å². The highest BCUT2D eigenvalue weighted by atomic mass is 16.5. The van der Waals surface area contributed by atoms with Gasteiger partial charge in [0.15, 0.2) is 5.82 Å². The molecule has 0 N–H and O–H groups in total. The van der Waals surface area contributed by atoms with Crippen LogP contribution in [0.1, 0.15) is 55.4 Å². The van der Waals surface area contributed by atoms with E-state index < -0.39 is 0 Å². The van der Waals surface area contributed by atoms with Crippen LogP contribution < -0.4 is 0 Å². The van der Waals surface area contributed by atoms with Crippen molar-refractivity contribution in [2.75, 3.05) is 0 Å². The number of hydrogen-bond acceptors (Lipinski definition) is 3.